The summed E-state index contributed by atoms with van der Waals surface area (Å²) in [5, 5.41) is 9.69. The number of carboxylic acid groups (broad SMARTS) is 1. The number of para-hydroxylation sites is 1. The number of aliphatic carboxylic acids is 1. The van der Waals surface area contributed by atoms with Crippen LogP contribution in [0.3, 0.4) is 0 Å². The minimum absolute atomic E-state index is 0.294. The minimum atomic E-state index is -1.01. The Bertz CT molecular complexity index is 610. The maximum absolute atomic E-state index is 11.3. The van der Waals surface area contributed by atoms with Gasteiger partial charge in [-0.25, -0.2) is 4.79 Å². The standard InChI is InChI=1S/C16H15ClO3/c1-11-5-4-6-12(9-11)10-15(16(18)19)20-14-8-3-2-7-13(14)17/h2-9,15H,10H2,1H3,(H,18,19)/t15-/m1/s1. The van der Waals surface area contributed by atoms with E-state index < -0.39 is 12.1 Å². The third kappa shape index (κ3) is 3.75. The topological polar surface area (TPSA) is 46.5 Å². The van der Waals surface area contributed by atoms with Gasteiger partial charge in [-0.3, -0.25) is 0 Å². The van der Waals surface area contributed by atoms with Gasteiger partial charge in [0.2, 0.25) is 0 Å². The molecule has 0 heterocycles. The first kappa shape index (κ1) is 14.4. The molecule has 1 N–H and O–H groups in total. The van der Waals surface area contributed by atoms with Gasteiger partial charge in [0.15, 0.2) is 6.10 Å². The van der Waals surface area contributed by atoms with Crippen LogP contribution in [0, 0.1) is 6.92 Å². The minimum Gasteiger partial charge on any atom is -0.478 e. The van der Waals surface area contributed by atoms with Crippen molar-refractivity contribution in [2.75, 3.05) is 0 Å². The molecular formula is C16H15ClO3. The van der Waals surface area contributed by atoms with E-state index in [4.69, 9.17) is 16.3 Å². The molecule has 0 fully saturated rings. The number of benzene rings is 2. The molecular weight excluding hydrogens is 276 g/mol. The molecule has 0 unspecified atom stereocenters. The van der Waals surface area contributed by atoms with Crippen molar-refractivity contribution in [2.24, 2.45) is 0 Å². The molecule has 0 bridgehead atoms. The van der Waals surface area contributed by atoms with Gasteiger partial charge in [0.25, 0.3) is 0 Å². The van der Waals surface area contributed by atoms with Crippen LogP contribution in [0.25, 0.3) is 0 Å². The van der Waals surface area contributed by atoms with E-state index in [9.17, 15) is 9.90 Å². The number of ether oxygens (including phenoxy) is 1. The molecule has 4 heteroatoms. The van der Waals surface area contributed by atoms with Crippen molar-refractivity contribution in [3.63, 3.8) is 0 Å². The van der Waals surface area contributed by atoms with Gasteiger partial charge >= 0.3 is 5.97 Å². The summed E-state index contributed by atoms with van der Waals surface area (Å²) in [6, 6.07) is 14.6. The largest absolute Gasteiger partial charge is 0.478 e. The molecule has 104 valence electrons. The first-order valence-corrected chi connectivity index (χ1v) is 6.63. The predicted octanol–water partition coefficient (Wildman–Crippen LogP) is 3.72. The summed E-state index contributed by atoms with van der Waals surface area (Å²) in [5.74, 6) is -0.624. The zero-order chi connectivity index (χ0) is 14.5. The second-order valence-corrected chi connectivity index (χ2v) is 4.98. The van der Waals surface area contributed by atoms with Gasteiger partial charge in [-0.05, 0) is 24.6 Å². The number of hydrogen-bond acceptors (Lipinski definition) is 2. The molecule has 0 aromatic heterocycles. The maximum Gasteiger partial charge on any atom is 0.345 e. The van der Waals surface area contributed by atoms with Crippen molar-refractivity contribution in [3.05, 3.63) is 64.7 Å². The van der Waals surface area contributed by atoms with Crippen molar-refractivity contribution in [1.82, 2.24) is 0 Å². The molecule has 2 aromatic rings. The van der Waals surface area contributed by atoms with Gasteiger partial charge in [-0.1, -0.05) is 53.6 Å². The highest BCUT2D eigenvalue weighted by molar-refractivity contribution is 6.32. The van der Waals surface area contributed by atoms with Crippen LogP contribution in [0.2, 0.25) is 5.02 Å². The average molecular weight is 291 g/mol. The first-order chi connectivity index (χ1) is 9.56. The second-order valence-electron chi connectivity index (χ2n) is 4.57. The molecule has 0 radical (unpaired) electrons. The summed E-state index contributed by atoms with van der Waals surface area (Å²) in [5.41, 5.74) is 2.01. The normalized spacial score (nSPS) is 11.9. The Labute approximate surface area is 122 Å². The molecule has 3 nitrogen and oxygen atoms in total. The van der Waals surface area contributed by atoms with Crippen molar-refractivity contribution < 1.29 is 14.6 Å². The van der Waals surface area contributed by atoms with Crippen LogP contribution in [0.4, 0.5) is 0 Å². The lowest BCUT2D eigenvalue weighted by atomic mass is 10.1. The van der Waals surface area contributed by atoms with Gasteiger partial charge < -0.3 is 9.84 Å². The highest BCUT2D eigenvalue weighted by Gasteiger charge is 2.21. The van der Waals surface area contributed by atoms with Crippen LogP contribution in [0.15, 0.2) is 48.5 Å². The van der Waals surface area contributed by atoms with E-state index in [1.165, 1.54) is 0 Å². The van der Waals surface area contributed by atoms with Crippen LogP contribution in [-0.4, -0.2) is 17.2 Å². The van der Waals surface area contributed by atoms with E-state index in [0.29, 0.717) is 17.2 Å². The van der Waals surface area contributed by atoms with E-state index in [-0.39, 0.29) is 0 Å². The highest BCUT2D eigenvalue weighted by atomic mass is 35.5. The third-order valence-electron chi connectivity index (χ3n) is 2.88. The molecule has 0 aliphatic heterocycles. The highest BCUT2D eigenvalue weighted by Crippen LogP contribution is 2.25. The van der Waals surface area contributed by atoms with E-state index in [0.717, 1.165) is 11.1 Å². The Morgan fingerprint density at radius 3 is 2.65 bits per heavy atom. The van der Waals surface area contributed by atoms with E-state index in [1.807, 2.05) is 31.2 Å². The molecule has 2 rings (SSSR count). The number of hydrogen-bond donors (Lipinski definition) is 1. The number of rotatable bonds is 5. The Kier molecular flexibility index (Phi) is 4.64. The molecule has 0 saturated heterocycles. The van der Waals surface area contributed by atoms with Gasteiger partial charge in [0, 0.05) is 6.42 Å². The summed E-state index contributed by atoms with van der Waals surface area (Å²) in [7, 11) is 0. The summed E-state index contributed by atoms with van der Waals surface area (Å²) in [6.45, 7) is 1.97. The Balaban J connectivity index is 2.16. The van der Waals surface area contributed by atoms with Crippen LogP contribution in [0.1, 0.15) is 11.1 Å². The maximum atomic E-state index is 11.3. The molecule has 0 amide bonds. The fourth-order valence-corrected chi connectivity index (χ4v) is 2.11. The fraction of sp³-hybridized carbons (Fsp3) is 0.188. The van der Waals surface area contributed by atoms with Gasteiger partial charge in [0.05, 0.1) is 5.02 Å². The van der Waals surface area contributed by atoms with E-state index in [2.05, 4.69) is 0 Å². The smallest absolute Gasteiger partial charge is 0.345 e. The monoisotopic (exact) mass is 290 g/mol. The lowest BCUT2D eigenvalue weighted by Gasteiger charge is -2.16. The van der Waals surface area contributed by atoms with Crippen molar-refractivity contribution in [2.45, 2.75) is 19.4 Å². The van der Waals surface area contributed by atoms with Crippen molar-refractivity contribution >= 4 is 17.6 Å². The Morgan fingerprint density at radius 1 is 1.25 bits per heavy atom. The second kappa shape index (κ2) is 6.44. The molecule has 1 atom stereocenters. The van der Waals surface area contributed by atoms with Crippen LogP contribution in [-0.2, 0) is 11.2 Å². The zero-order valence-electron chi connectivity index (χ0n) is 11.0. The molecule has 20 heavy (non-hydrogen) atoms. The van der Waals surface area contributed by atoms with Crippen molar-refractivity contribution in [3.8, 4) is 5.75 Å². The van der Waals surface area contributed by atoms with E-state index in [1.54, 1.807) is 24.3 Å². The van der Waals surface area contributed by atoms with Crippen LogP contribution >= 0.6 is 11.6 Å². The third-order valence-corrected chi connectivity index (χ3v) is 3.20. The number of halogens is 1. The molecule has 2 aromatic carbocycles. The van der Waals surface area contributed by atoms with Crippen molar-refractivity contribution in [1.29, 1.82) is 0 Å². The zero-order valence-corrected chi connectivity index (χ0v) is 11.8. The van der Waals surface area contributed by atoms with Gasteiger partial charge in [-0.15, -0.1) is 0 Å². The predicted molar refractivity (Wildman–Crippen MR) is 78.4 cm³/mol. The number of carboxylic acids is 1. The molecule has 0 spiro atoms. The van der Waals surface area contributed by atoms with Crippen LogP contribution in [0.5, 0.6) is 5.75 Å². The Hall–Kier alpha value is -2.00. The average Bonchev–Trinajstić information content (AvgIpc) is 2.40. The summed E-state index contributed by atoms with van der Waals surface area (Å²) < 4.78 is 5.52. The summed E-state index contributed by atoms with van der Waals surface area (Å²) in [6.07, 6.45) is -0.668. The molecule has 0 aliphatic rings. The SMILES string of the molecule is Cc1cccc(C[C@@H](Oc2ccccc2Cl)C(=O)O)c1. The first-order valence-electron chi connectivity index (χ1n) is 6.26. The fourth-order valence-electron chi connectivity index (χ4n) is 1.93. The lowest BCUT2D eigenvalue weighted by Crippen LogP contribution is -2.29. The number of aryl methyl sites for hydroxylation is 1. The van der Waals surface area contributed by atoms with Gasteiger partial charge in [-0.2, -0.15) is 0 Å². The summed E-state index contributed by atoms with van der Waals surface area (Å²) in [4.78, 5) is 11.3. The summed E-state index contributed by atoms with van der Waals surface area (Å²) >= 11 is 5.98. The molecule has 0 saturated carbocycles. The van der Waals surface area contributed by atoms with Gasteiger partial charge in [0.1, 0.15) is 5.75 Å². The Morgan fingerprint density at radius 2 is 2.00 bits per heavy atom. The number of carbonyl (C=O) groups is 1. The van der Waals surface area contributed by atoms with E-state index >= 15 is 0 Å². The van der Waals surface area contributed by atoms with Crippen LogP contribution < -0.4 is 4.74 Å². The quantitative estimate of drug-likeness (QED) is 0.913. The molecule has 0 aliphatic carbocycles. The lowest BCUT2D eigenvalue weighted by molar-refractivity contribution is -0.145.